The molecule has 6 heteroatoms. The molecule has 21 heavy (non-hydrogen) atoms. The van der Waals surface area contributed by atoms with Crippen molar-refractivity contribution < 1.29 is 9.53 Å². The molecule has 0 unspecified atom stereocenters. The van der Waals surface area contributed by atoms with E-state index in [1.54, 1.807) is 25.3 Å². The second-order valence-electron chi connectivity index (χ2n) is 4.28. The Balaban J connectivity index is 1.91. The van der Waals surface area contributed by atoms with Gasteiger partial charge in [-0.1, -0.05) is 35.3 Å². The summed E-state index contributed by atoms with van der Waals surface area (Å²) in [5, 5.41) is 6.33. The SMILES string of the molecule is COc1ccc(CNC(=O)Nc2cc(Cl)ccc2Cl)cc1. The first-order valence-electron chi connectivity index (χ1n) is 6.21. The molecule has 0 radical (unpaired) electrons. The van der Waals surface area contributed by atoms with Crippen LogP contribution in [0.5, 0.6) is 5.75 Å². The van der Waals surface area contributed by atoms with Crippen molar-refractivity contribution in [1.82, 2.24) is 5.32 Å². The van der Waals surface area contributed by atoms with Gasteiger partial charge < -0.3 is 15.4 Å². The van der Waals surface area contributed by atoms with Crippen LogP contribution < -0.4 is 15.4 Å². The summed E-state index contributed by atoms with van der Waals surface area (Å²) in [5.41, 5.74) is 1.43. The van der Waals surface area contributed by atoms with E-state index < -0.39 is 0 Å². The predicted octanol–water partition coefficient (Wildman–Crippen LogP) is 4.32. The number of anilines is 1. The highest BCUT2D eigenvalue weighted by atomic mass is 35.5. The van der Waals surface area contributed by atoms with Crippen molar-refractivity contribution in [2.24, 2.45) is 0 Å². The van der Waals surface area contributed by atoms with E-state index in [1.807, 2.05) is 24.3 Å². The number of methoxy groups -OCH3 is 1. The predicted molar refractivity (Wildman–Crippen MR) is 85.3 cm³/mol. The van der Waals surface area contributed by atoms with Gasteiger partial charge in [0.1, 0.15) is 5.75 Å². The van der Waals surface area contributed by atoms with Crippen molar-refractivity contribution in [2.45, 2.75) is 6.54 Å². The summed E-state index contributed by atoms with van der Waals surface area (Å²) in [7, 11) is 1.61. The van der Waals surface area contributed by atoms with Gasteiger partial charge in [-0.05, 0) is 35.9 Å². The van der Waals surface area contributed by atoms with E-state index in [-0.39, 0.29) is 6.03 Å². The number of benzene rings is 2. The molecule has 2 rings (SSSR count). The number of halogens is 2. The van der Waals surface area contributed by atoms with Gasteiger partial charge >= 0.3 is 6.03 Å². The van der Waals surface area contributed by atoms with Crippen LogP contribution >= 0.6 is 23.2 Å². The van der Waals surface area contributed by atoms with Gasteiger partial charge in [0.05, 0.1) is 17.8 Å². The van der Waals surface area contributed by atoms with E-state index in [0.717, 1.165) is 11.3 Å². The third kappa shape index (κ3) is 4.55. The van der Waals surface area contributed by atoms with Crippen LogP contribution in [-0.2, 0) is 6.54 Å². The molecule has 0 bridgehead atoms. The Hall–Kier alpha value is -1.91. The fourth-order valence-corrected chi connectivity index (χ4v) is 2.02. The fourth-order valence-electron chi connectivity index (χ4n) is 1.69. The molecule has 2 aromatic carbocycles. The van der Waals surface area contributed by atoms with Crippen molar-refractivity contribution >= 4 is 34.9 Å². The maximum atomic E-state index is 11.8. The Morgan fingerprint density at radius 3 is 2.52 bits per heavy atom. The smallest absolute Gasteiger partial charge is 0.319 e. The largest absolute Gasteiger partial charge is 0.497 e. The Labute approximate surface area is 133 Å². The zero-order valence-corrected chi connectivity index (χ0v) is 12.8. The minimum atomic E-state index is -0.352. The lowest BCUT2D eigenvalue weighted by Gasteiger charge is -2.09. The van der Waals surface area contributed by atoms with E-state index in [0.29, 0.717) is 22.3 Å². The molecule has 0 aliphatic carbocycles. The van der Waals surface area contributed by atoms with Crippen LogP contribution in [0.4, 0.5) is 10.5 Å². The van der Waals surface area contributed by atoms with Gasteiger partial charge in [0.15, 0.2) is 0 Å². The second-order valence-corrected chi connectivity index (χ2v) is 5.12. The molecule has 4 nitrogen and oxygen atoms in total. The Kier molecular flexibility index (Phi) is 5.31. The van der Waals surface area contributed by atoms with Crippen LogP contribution in [0.2, 0.25) is 10.0 Å². The van der Waals surface area contributed by atoms with Gasteiger partial charge in [0, 0.05) is 11.6 Å². The number of carbonyl (C=O) groups excluding carboxylic acids is 1. The lowest BCUT2D eigenvalue weighted by atomic mass is 10.2. The molecule has 0 aliphatic heterocycles. The standard InChI is InChI=1S/C15H14Cl2N2O2/c1-21-12-5-2-10(3-6-12)9-18-15(20)19-14-8-11(16)4-7-13(14)17/h2-8H,9H2,1H3,(H2,18,19,20). The molecule has 2 aromatic rings. The summed E-state index contributed by atoms with van der Waals surface area (Å²) in [6.07, 6.45) is 0. The molecule has 0 spiro atoms. The van der Waals surface area contributed by atoms with Gasteiger partial charge in [-0.3, -0.25) is 0 Å². The number of hydrogen-bond donors (Lipinski definition) is 2. The normalized spacial score (nSPS) is 10.0. The van der Waals surface area contributed by atoms with Crippen molar-refractivity contribution in [3.63, 3.8) is 0 Å². The van der Waals surface area contributed by atoms with Gasteiger partial charge in [-0.15, -0.1) is 0 Å². The third-order valence-corrected chi connectivity index (χ3v) is 3.35. The molecule has 0 aromatic heterocycles. The minimum Gasteiger partial charge on any atom is -0.497 e. The number of ether oxygens (including phenoxy) is 1. The molecule has 2 N–H and O–H groups in total. The summed E-state index contributed by atoms with van der Waals surface area (Å²) in [5.74, 6) is 0.772. The van der Waals surface area contributed by atoms with Crippen molar-refractivity contribution in [2.75, 3.05) is 12.4 Å². The first-order chi connectivity index (χ1) is 10.1. The van der Waals surface area contributed by atoms with E-state index in [9.17, 15) is 4.79 Å². The molecule has 0 fully saturated rings. The zero-order chi connectivity index (χ0) is 15.2. The first-order valence-corrected chi connectivity index (χ1v) is 6.97. The zero-order valence-electron chi connectivity index (χ0n) is 11.3. The van der Waals surface area contributed by atoms with Crippen molar-refractivity contribution in [1.29, 1.82) is 0 Å². The summed E-state index contributed by atoms with van der Waals surface area (Å²) in [6, 6.07) is 12.0. The molecule has 0 atom stereocenters. The Morgan fingerprint density at radius 2 is 1.86 bits per heavy atom. The molecule has 0 heterocycles. The highest BCUT2D eigenvalue weighted by Crippen LogP contribution is 2.25. The molecule has 110 valence electrons. The summed E-state index contributed by atoms with van der Waals surface area (Å²) in [6.45, 7) is 0.397. The second kappa shape index (κ2) is 7.20. The first kappa shape index (κ1) is 15.5. The quantitative estimate of drug-likeness (QED) is 0.879. The van der Waals surface area contributed by atoms with Crippen LogP contribution in [0.25, 0.3) is 0 Å². The van der Waals surface area contributed by atoms with E-state index >= 15 is 0 Å². The highest BCUT2D eigenvalue weighted by molar-refractivity contribution is 6.35. The van der Waals surface area contributed by atoms with E-state index in [4.69, 9.17) is 27.9 Å². The molecule has 0 aliphatic rings. The van der Waals surface area contributed by atoms with Crippen LogP contribution in [0, 0.1) is 0 Å². The van der Waals surface area contributed by atoms with Gasteiger partial charge in [-0.2, -0.15) is 0 Å². The minimum absolute atomic E-state index is 0.352. The topological polar surface area (TPSA) is 50.4 Å². The monoisotopic (exact) mass is 324 g/mol. The molecular weight excluding hydrogens is 311 g/mol. The molecule has 0 saturated heterocycles. The lowest BCUT2D eigenvalue weighted by molar-refractivity contribution is 0.251. The van der Waals surface area contributed by atoms with E-state index in [2.05, 4.69) is 10.6 Å². The molecule has 0 saturated carbocycles. The number of hydrogen-bond acceptors (Lipinski definition) is 2. The number of nitrogens with one attached hydrogen (secondary N) is 2. The third-order valence-electron chi connectivity index (χ3n) is 2.79. The van der Waals surface area contributed by atoms with Crippen LogP contribution in [-0.4, -0.2) is 13.1 Å². The summed E-state index contributed by atoms with van der Waals surface area (Å²) < 4.78 is 5.07. The molecular formula is C15H14Cl2N2O2. The number of amides is 2. The summed E-state index contributed by atoms with van der Waals surface area (Å²) in [4.78, 5) is 11.8. The highest BCUT2D eigenvalue weighted by Gasteiger charge is 2.06. The number of carbonyl (C=O) groups is 1. The van der Waals surface area contributed by atoms with Crippen molar-refractivity contribution in [3.8, 4) is 5.75 Å². The number of rotatable bonds is 4. The average molecular weight is 325 g/mol. The van der Waals surface area contributed by atoms with Gasteiger partial charge in [-0.25, -0.2) is 4.79 Å². The molecule has 2 amide bonds. The van der Waals surface area contributed by atoms with Crippen LogP contribution in [0.1, 0.15) is 5.56 Å². The summed E-state index contributed by atoms with van der Waals surface area (Å²) >= 11 is 11.8. The van der Waals surface area contributed by atoms with Crippen LogP contribution in [0.15, 0.2) is 42.5 Å². The Morgan fingerprint density at radius 1 is 1.14 bits per heavy atom. The van der Waals surface area contributed by atoms with Gasteiger partial charge in [0.25, 0.3) is 0 Å². The average Bonchev–Trinajstić information content (AvgIpc) is 2.49. The lowest BCUT2D eigenvalue weighted by Crippen LogP contribution is -2.28. The van der Waals surface area contributed by atoms with Crippen LogP contribution in [0.3, 0.4) is 0 Å². The fraction of sp³-hybridized carbons (Fsp3) is 0.133. The maximum Gasteiger partial charge on any atom is 0.319 e. The maximum absolute atomic E-state index is 11.8. The van der Waals surface area contributed by atoms with E-state index in [1.165, 1.54) is 0 Å². The van der Waals surface area contributed by atoms with Gasteiger partial charge in [0.2, 0.25) is 0 Å². The van der Waals surface area contributed by atoms with Crippen molar-refractivity contribution in [3.05, 3.63) is 58.1 Å². The Bertz CT molecular complexity index is 630. The number of urea groups is 1.